The number of aryl methyl sites for hydroxylation is 1. The van der Waals surface area contributed by atoms with Crippen LogP contribution in [-0.2, 0) is 7.05 Å². The van der Waals surface area contributed by atoms with Crippen LogP contribution in [0.1, 0.15) is 10.4 Å². The van der Waals surface area contributed by atoms with Gasteiger partial charge in [-0.1, -0.05) is 30.3 Å². The molecule has 1 fully saturated rings. The van der Waals surface area contributed by atoms with Crippen molar-refractivity contribution in [2.75, 3.05) is 31.1 Å². The van der Waals surface area contributed by atoms with Crippen molar-refractivity contribution < 1.29 is 4.79 Å². The molecule has 3 aromatic rings. The minimum atomic E-state index is 0.0506. The van der Waals surface area contributed by atoms with Gasteiger partial charge in [0.1, 0.15) is 0 Å². The number of benzene rings is 2. The van der Waals surface area contributed by atoms with Crippen molar-refractivity contribution in [2.24, 2.45) is 7.05 Å². The molecule has 0 N–H and O–H groups in total. The normalized spacial score (nSPS) is 14.5. The van der Waals surface area contributed by atoms with Gasteiger partial charge in [-0.15, -0.1) is 5.10 Å². The largest absolute Gasteiger partial charge is 0.368 e. The Morgan fingerprint density at radius 2 is 1.73 bits per heavy atom. The first kappa shape index (κ1) is 16.3. The standard InChI is InChI=1S/C19H20N6O/c1-23-18(20-21-22-23)15-6-5-7-16(14-15)19(26)25-12-10-24(11-13-25)17-8-3-2-4-9-17/h2-9,14H,10-13H2,1H3. The van der Waals surface area contributed by atoms with Gasteiger partial charge in [0.15, 0.2) is 5.82 Å². The monoisotopic (exact) mass is 348 g/mol. The predicted octanol–water partition coefficient (Wildman–Crippen LogP) is 1.84. The number of carbonyl (C=O) groups is 1. The molecular formula is C19H20N6O. The third-order valence-corrected chi connectivity index (χ3v) is 4.68. The summed E-state index contributed by atoms with van der Waals surface area (Å²) in [6.07, 6.45) is 0. The quantitative estimate of drug-likeness (QED) is 0.722. The van der Waals surface area contributed by atoms with Gasteiger partial charge in [-0.3, -0.25) is 4.79 Å². The van der Waals surface area contributed by atoms with Gasteiger partial charge in [0, 0.05) is 50.0 Å². The molecule has 26 heavy (non-hydrogen) atoms. The van der Waals surface area contributed by atoms with Crippen molar-refractivity contribution in [1.29, 1.82) is 0 Å². The second-order valence-corrected chi connectivity index (χ2v) is 6.32. The Labute approximate surface area is 151 Å². The third-order valence-electron chi connectivity index (χ3n) is 4.68. The lowest BCUT2D eigenvalue weighted by Crippen LogP contribution is -2.48. The molecule has 1 saturated heterocycles. The molecule has 0 aliphatic carbocycles. The van der Waals surface area contributed by atoms with Crippen LogP contribution in [0.2, 0.25) is 0 Å². The van der Waals surface area contributed by atoms with E-state index < -0.39 is 0 Å². The van der Waals surface area contributed by atoms with E-state index in [1.54, 1.807) is 11.7 Å². The third kappa shape index (κ3) is 3.15. The lowest BCUT2D eigenvalue weighted by molar-refractivity contribution is 0.0747. The van der Waals surface area contributed by atoms with Gasteiger partial charge in [-0.25, -0.2) is 4.68 Å². The zero-order chi connectivity index (χ0) is 17.9. The fourth-order valence-corrected chi connectivity index (χ4v) is 3.25. The zero-order valence-electron chi connectivity index (χ0n) is 14.6. The van der Waals surface area contributed by atoms with E-state index in [2.05, 4.69) is 32.6 Å². The smallest absolute Gasteiger partial charge is 0.253 e. The summed E-state index contributed by atoms with van der Waals surface area (Å²) < 4.78 is 1.60. The molecule has 7 heteroatoms. The molecule has 0 radical (unpaired) electrons. The van der Waals surface area contributed by atoms with Crippen LogP contribution < -0.4 is 4.90 Å². The Balaban J connectivity index is 1.47. The first-order valence-electron chi connectivity index (χ1n) is 8.64. The van der Waals surface area contributed by atoms with E-state index in [4.69, 9.17) is 0 Å². The highest BCUT2D eigenvalue weighted by Gasteiger charge is 2.22. The molecule has 7 nitrogen and oxygen atoms in total. The van der Waals surface area contributed by atoms with E-state index in [1.165, 1.54) is 5.69 Å². The molecular weight excluding hydrogens is 328 g/mol. The number of hydrogen-bond donors (Lipinski definition) is 0. The van der Waals surface area contributed by atoms with Gasteiger partial charge >= 0.3 is 0 Å². The maximum atomic E-state index is 12.9. The van der Waals surface area contributed by atoms with Gasteiger partial charge in [-0.2, -0.15) is 0 Å². The highest BCUT2D eigenvalue weighted by Crippen LogP contribution is 2.20. The number of para-hydroxylation sites is 1. The second-order valence-electron chi connectivity index (χ2n) is 6.32. The molecule has 0 unspecified atom stereocenters. The summed E-state index contributed by atoms with van der Waals surface area (Å²) >= 11 is 0. The summed E-state index contributed by atoms with van der Waals surface area (Å²) in [6.45, 7) is 3.10. The van der Waals surface area contributed by atoms with Gasteiger partial charge in [0.05, 0.1) is 0 Å². The lowest BCUT2D eigenvalue weighted by Gasteiger charge is -2.36. The highest BCUT2D eigenvalue weighted by atomic mass is 16.2. The Morgan fingerprint density at radius 3 is 2.42 bits per heavy atom. The van der Waals surface area contributed by atoms with E-state index in [0.29, 0.717) is 24.5 Å². The molecule has 0 saturated carbocycles. The van der Waals surface area contributed by atoms with Crippen LogP contribution in [0.3, 0.4) is 0 Å². The molecule has 1 aliphatic rings. The molecule has 0 bridgehead atoms. The number of carbonyl (C=O) groups excluding carboxylic acids is 1. The molecule has 0 atom stereocenters. The summed E-state index contributed by atoms with van der Waals surface area (Å²) in [5.74, 6) is 0.697. The number of anilines is 1. The summed E-state index contributed by atoms with van der Waals surface area (Å²) in [5, 5.41) is 11.5. The second kappa shape index (κ2) is 6.95. The summed E-state index contributed by atoms with van der Waals surface area (Å²) in [4.78, 5) is 17.1. The maximum Gasteiger partial charge on any atom is 0.253 e. The SMILES string of the molecule is Cn1nnnc1-c1cccc(C(=O)N2CCN(c3ccccc3)CC2)c1. The summed E-state index contributed by atoms with van der Waals surface area (Å²) in [7, 11) is 1.78. The Bertz CT molecular complexity index is 899. The van der Waals surface area contributed by atoms with Crippen LogP contribution >= 0.6 is 0 Å². The first-order valence-corrected chi connectivity index (χ1v) is 8.64. The van der Waals surface area contributed by atoms with Crippen LogP contribution in [0.15, 0.2) is 54.6 Å². The highest BCUT2D eigenvalue weighted by molar-refractivity contribution is 5.95. The minimum absolute atomic E-state index is 0.0506. The van der Waals surface area contributed by atoms with Crippen molar-refractivity contribution in [3.63, 3.8) is 0 Å². The van der Waals surface area contributed by atoms with Crippen molar-refractivity contribution in [1.82, 2.24) is 25.1 Å². The van der Waals surface area contributed by atoms with E-state index in [9.17, 15) is 4.79 Å². The van der Waals surface area contributed by atoms with Crippen molar-refractivity contribution >= 4 is 11.6 Å². The fraction of sp³-hybridized carbons (Fsp3) is 0.263. The van der Waals surface area contributed by atoms with E-state index >= 15 is 0 Å². The van der Waals surface area contributed by atoms with Crippen LogP contribution in [-0.4, -0.2) is 57.2 Å². The number of aromatic nitrogens is 4. The minimum Gasteiger partial charge on any atom is -0.368 e. The molecule has 1 aromatic heterocycles. The average molecular weight is 348 g/mol. The van der Waals surface area contributed by atoms with Crippen LogP contribution in [0.25, 0.3) is 11.4 Å². The fourth-order valence-electron chi connectivity index (χ4n) is 3.25. The molecule has 1 aliphatic heterocycles. The molecule has 2 aromatic carbocycles. The number of tetrazole rings is 1. The van der Waals surface area contributed by atoms with Gasteiger partial charge in [0.25, 0.3) is 5.91 Å². The molecule has 132 valence electrons. The van der Waals surface area contributed by atoms with E-state index in [1.807, 2.05) is 47.4 Å². The van der Waals surface area contributed by atoms with Gasteiger partial charge in [-0.05, 0) is 34.7 Å². The molecule has 4 rings (SSSR count). The summed E-state index contributed by atoms with van der Waals surface area (Å²) in [5.41, 5.74) is 2.71. The number of rotatable bonds is 3. The predicted molar refractivity (Wildman–Crippen MR) is 98.8 cm³/mol. The van der Waals surface area contributed by atoms with Crippen LogP contribution in [0.5, 0.6) is 0 Å². The summed E-state index contributed by atoms with van der Waals surface area (Å²) in [6, 6.07) is 17.8. The maximum absolute atomic E-state index is 12.9. The Kier molecular flexibility index (Phi) is 4.35. The van der Waals surface area contributed by atoms with Crippen molar-refractivity contribution in [3.8, 4) is 11.4 Å². The number of nitrogens with zero attached hydrogens (tertiary/aromatic N) is 6. The topological polar surface area (TPSA) is 67.2 Å². The number of amides is 1. The molecule has 0 spiro atoms. The molecule has 1 amide bonds. The first-order chi connectivity index (χ1) is 12.7. The van der Waals surface area contributed by atoms with Crippen molar-refractivity contribution in [2.45, 2.75) is 0 Å². The van der Waals surface area contributed by atoms with Crippen molar-refractivity contribution in [3.05, 3.63) is 60.2 Å². The van der Waals surface area contributed by atoms with Gasteiger partial charge in [0.2, 0.25) is 0 Å². The number of hydrogen-bond acceptors (Lipinski definition) is 5. The Morgan fingerprint density at radius 1 is 0.962 bits per heavy atom. The van der Waals surface area contributed by atoms with Gasteiger partial charge < -0.3 is 9.80 Å². The zero-order valence-corrected chi connectivity index (χ0v) is 14.6. The van der Waals surface area contributed by atoms with E-state index in [-0.39, 0.29) is 5.91 Å². The van der Waals surface area contributed by atoms with Crippen LogP contribution in [0, 0.1) is 0 Å². The Hall–Kier alpha value is -3.22. The van der Waals surface area contributed by atoms with Crippen LogP contribution in [0.4, 0.5) is 5.69 Å². The lowest BCUT2D eigenvalue weighted by atomic mass is 10.1. The molecule has 2 heterocycles. The number of piperazine rings is 1. The van der Waals surface area contributed by atoms with E-state index in [0.717, 1.165) is 18.7 Å². The average Bonchev–Trinajstić information content (AvgIpc) is 3.14.